The van der Waals surface area contributed by atoms with E-state index in [9.17, 15) is 18.5 Å². The first-order chi connectivity index (χ1) is 9.72. The number of non-ortho nitro benzene ring substituents is 1. The van der Waals surface area contributed by atoms with Crippen molar-refractivity contribution >= 4 is 27.3 Å². The van der Waals surface area contributed by atoms with E-state index in [0.717, 1.165) is 18.2 Å². The lowest BCUT2D eigenvalue weighted by atomic mass is 10.3. The van der Waals surface area contributed by atoms with Crippen LogP contribution < -0.4 is 10.5 Å². The molecule has 0 spiro atoms. The highest BCUT2D eigenvalue weighted by atomic mass is 32.2. The Morgan fingerprint density at radius 3 is 2.52 bits per heavy atom. The normalized spacial score (nSPS) is 11.3. The molecule has 0 aliphatic carbocycles. The van der Waals surface area contributed by atoms with Gasteiger partial charge >= 0.3 is 0 Å². The molecular formula is C11H12N4O5S. The molecule has 0 saturated heterocycles. The maximum absolute atomic E-state index is 12.2. The van der Waals surface area contributed by atoms with Crippen LogP contribution in [0.25, 0.3) is 0 Å². The van der Waals surface area contributed by atoms with Crippen LogP contribution in [-0.4, -0.2) is 18.5 Å². The van der Waals surface area contributed by atoms with Gasteiger partial charge in [0, 0.05) is 17.7 Å². The highest BCUT2D eigenvalue weighted by molar-refractivity contribution is 7.92. The summed E-state index contributed by atoms with van der Waals surface area (Å²) in [5.74, 6) is -0.0229. The summed E-state index contributed by atoms with van der Waals surface area (Å²) in [6.45, 7) is 3.31. The predicted octanol–water partition coefficient (Wildman–Crippen LogP) is 1.58. The first-order valence-electron chi connectivity index (χ1n) is 5.72. The molecule has 9 nitrogen and oxygen atoms in total. The minimum Gasteiger partial charge on any atom is -0.397 e. The Morgan fingerprint density at radius 2 is 2.05 bits per heavy atom. The van der Waals surface area contributed by atoms with Crippen molar-refractivity contribution in [3.8, 4) is 0 Å². The van der Waals surface area contributed by atoms with Crippen LogP contribution in [0, 0.1) is 24.0 Å². The quantitative estimate of drug-likeness (QED) is 0.496. The Morgan fingerprint density at radius 1 is 1.38 bits per heavy atom. The highest BCUT2D eigenvalue weighted by Crippen LogP contribution is 2.27. The number of nitro benzene ring substituents is 1. The van der Waals surface area contributed by atoms with Gasteiger partial charge in [0.15, 0.2) is 0 Å². The van der Waals surface area contributed by atoms with Gasteiger partial charge < -0.3 is 10.3 Å². The first-order valence-corrected chi connectivity index (χ1v) is 7.20. The van der Waals surface area contributed by atoms with Gasteiger partial charge in [0.2, 0.25) is 5.88 Å². The third kappa shape index (κ3) is 2.79. The zero-order chi connectivity index (χ0) is 15.8. The number of hydrogen-bond donors (Lipinski definition) is 2. The van der Waals surface area contributed by atoms with Crippen LogP contribution in [-0.2, 0) is 10.0 Å². The number of nitrogens with two attached hydrogens (primary N) is 1. The number of hydrogen-bond acceptors (Lipinski definition) is 7. The van der Waals surface area contributed by atoms with Gasteiger partial charge in [-0.15, -0.1) is 0 Å². The van der Waals surface area contributed by atoms with Gasteiger partial charge in [-0.3, -0.25) is 10.1 Å². The van der Waals surface area contributed by atoms with Gasteiger partial charge in [0.25, 0.3) is 15.7 Å². The Balaban J connectivity index is 2.40. The first kappa shape index (κ1) is 14.8. The second kappa shape index (κ2) is 5.05. The van der Waals surface area contributed by atoms with Crippen molar-refractivity contribution in [2.24, 2.45) is 0 Å². The van der Waals surface area contributed by atoms with Gasteiger partial charge in [-0.1, -0.05) is 5.16 Å². The number of anilines is 2. The van der Waals surface area contributed by atoms with Gasteiger partial charge in [-0.2, -0.15) is 0 Å². The molecule has 1 heterocycles. The van der Waals surface area contributed by atoms with Crippen LogP contribution >= 0.6 is 0 Å². The Kier molecular flexibility index (Phi) is 3.56. The SMILES string of the molecule is Cc1noc(NS(=O)(=O)c2ccc([N+](=O)[O-])cc2N)c1C. The molecule has 0 atom stereocenters. The molecule has 0 bridgehead atoms. The van der Waals surface area contributed by atoms with Crippen LogP contribution in [0.15, 0.2) is 27.6 Å². The van der Waals surface area contributed by atoms with E-state index in [-0.39, 0.29) is 22.2 Å². The molecule has 0 unspecified atom stereocenters. The van der Waals surface area contributed by atoms with Crippen LogP contribution in [0.3, 0.4) is 0 Å². The molecule has 112 valence electrons. The molecular weight excluding hydrogens is 300 g/mol. The number of sulfonamides is 1. The lowest BCUT2D eigenvalue weighted by Crippen LogP contribution is -2.15. The lowest BCUT2D eigenvalue weighted by molar-refractivity contribution is -0.384. The van der Waals surface area contributed by atoms with Crippen LogP contribution in [0.5, 0.6) is 0 Å². The molecule has 21 heavy (non-hydrogen) atoms. The number of rotatable bonds is 4. The molecule has 0 aliphatic heterocycles. The summed E-state index contributed by atoms with van der Waals surface area (Å²) in [6, 6.07) is 3.10. The van der Waals surface area contributed by atoms with Crippen molar-refractivity contribution in [3.05, 3.63) is 39.6 Å². The van der Waals surface area contributed by atoms with E-state index in [1.807, 2.05) is 0 Å². The minimum atomic E-state index is -4.03. The molecule has 2 rings (SSSR count). The molecule has 0 radical (unpaired) electrons. The summed E-state index contributed by atoms with van der Waals surface area (Å²) in [5.41, 5.74) is 6.13. The molecule has 0 aliphatic rings. The summed E-state index contributed by atoms with van der Waals surface area (Å²) in [4.78, 5) is 9.68. The van der Waals surface area contributed by atoms with Crippen LogP contribution in [0.4, 0.5) is 17.3 Å². The zero-order valence-electron chi connectivity index (χ0n) is 11.2. The number of nitrogens with one attached hydrogen (secondary N) is 1. The van der Waals surface area contributed by atoms with Gasteiger partial charge in [0.1, 0.15) is 4.90 Å². The lowest BCUT2D eigenvalue weighted by Gasteiger charge is -2.08. The van der Waals surface area contributed by atoms with E-state index in [2.05, 4.69) is 9.88 Å². The fourth-order valence-electron chi connectivity index (χ4n) is 1.58. The number of aromatic nitrogens is 1. The smallest absolute Gasteiger partial charge is 0.271 e. The average molecular weight is 312 g/mol. The summed E-state index contributed by atoms with van der Waals surface area (Å²) in [7, 11) is -4.03. The third-order valence-corrected chi connectivity index (χ3v) is 4.28. The van der Waals surface area contributed by atoms with E-state index in [1.165, 1.54) is 0 Å². The number of benzene rings is 1. The Bertz CT molecular complexity index is 812. The number of nitro groups is 1. The molecule has 1 aromatic heterocycles. The van der Waals surface area contributed by atoms with Crippen molar-refractivity contribution < 1.29 is 17.9 Å². The Labute approximate surface area is 119 Å². The third-order valence-electron chi connectivity index (χ3n) is 2.88. The number of nitrogen functional groups attached to an aromatic ring is 1. The van der Waals surface area contributed by atoms with E-state index in [1.54, 1.807) is 13.8 Å². The van der Waals surface area contributed by atoms with Crippen molar-refractivity contribution in [1.29, 1.82) is 0 Å². The highest BCUT2D eigenvalue weighted by Gasteiger charge is 2.23. The second-order valence-electron chi connectivity index (χ2n) is 4.31. The molecule has 0 amide bonds. The van der Waals surface area contributed by atoms with E-state index in [4.69, 9.17) is 10.3 Å². The monoisotopic (exact) mass is 312 g/mol. The van der Waals surface area contributed by atoms with Crippen LogP contribution in [0.2, 0.25) is 0 Å². The van der Waals surface area contributed by atoms with Gasteiger partial charge in [-0.25, -0.2) is 13.1 Å². The molecule has 0 fully saturated rings. The van der Waals surface area contributed by atoms with Crippen molar-refractivity contribution in [1.82, 2.24) is 5.16 Å². The standard InChI is InChI=1S/C11H12N4O5S/c1-6-7(2)13-20-11(6)14-21(18,19)10-4-3-8(15(16)17)5-9(10)12/h3-5,14H,12H2,1-2H3. The molecule has 1 aromatic carbocycles. The molecule has 2 aromatic rings. The summed E-state index contributed by atoms with van der Waals surface area (Å²) in [5, 5.41) is 14.2. The summed E-state index contributed by atoms with van der Waals surface area (Å²) < 4.78 is 31.5. The second-order valence-corrected chi connectivity index (χ2v) is 5.96. The average Bonchev–Trinajstić information content (AvgIpc) is 2.69. The molecule has 10 heteroatoms. The summed E-state index contributed by atoms with van der Waals surface area (Å²) >= 11 is 0. The fourth-order valence-corrected chi connectivity index (χ4v) is 2.74. The number of nitrogens with zero attached hydrogens (tertiary/aromatic N) is 2. The maximum atomic E-state index is 12.2. The van der Waals surface area contributed by atoms with Gasteiger partial charge in [-0.05, 0) is 19.9 Å². The zero-order valence-corrected chi connectivity index (χ0v) is 12.0. The number of aryl methyl sites for hydroxylation is 1. The van der Waals surface area contributed by atoms with E-state index < -0.39 is 14.9 Å². The van der Waals surface area contributed by atoms with Crippen molar-refractivity contribution in [2.75, 3.05) is 10.5 Å². The van der Waals surface area contributed by atoms with Crippen molar-refractivity contribution in [2.45, 2.75) is 18.7 Å². The summed E-state index contributed by atoms with van der Waals surface area (Å²) in [6.07, 6.45) is 0. The maximum Gasteiger partial charge on any atom is 0.271 e. The Hall–Kier alpha value is -2.62. The molecule has 3 N–H and O–H groups in total. The van der Waals surface area contributed by atoms with Crippen LogP contribution in [0.1, 0.15) is 11.3 Å². The van der Waals surface area contributed by atoms with E-state index in [0.29, 0.717) is 11.3 Å². The fraction of sp³-hybridized carbons (Fsp3) is 0.182. The minimum absolute atomic E-state index is 0.0229. The topological polar surface area (TPSA) is 141 Å². The van der Waals surface area contributed by atoms with Gasteiger partial charge in [0.05, 0.1) is 16.3 Å². The largest absolute Gasteiger partial charge is 0.397 e. The van der Waals surface area contributed by atoms with Crippen molar-refractivity contribution in [3.63, 3.8) is 0 Å². The van der Waals surface area contributed by atoms with E-state index >= 15 is 0 Å². The molecule has 0 saturated carbocycles. The predicted molar refractivity (Wildman–Crippen MR) is 74.3 cm³/mol.